The smallest absolute Gasteiger partial charge is 0.160 e. The second kappa shape index (κ2) is 13.1. The van der Waals surface area contributed by atoms with Crippen LogP contribution in [0.4, 0.5) is 0 Å². The van der Waals surface area contributed by atoms with E-state index >= 15 is 0 Å². The first kappa shape index (κ1) is 32.8. The van der Waals surface area contributed by atoms with Gasteiger partial charge in [0, 0.05) is 53.3 Å². The lowest BCUT2D eigenvalue weighted by molar-refractivity contribution is 1.16. The lowest BCUT2D eigenvalue weighted by Gasteiger charge is -2.17. The van der Waals surface area contributed by atoms with Gasteiger partial charge in [0.05, 0.1) is 22.4 Å². The average molecular weight is 756 g/mol. The third-order valence-corrected chi connectivity index (χ3v) is 12.7. The number of fused-ring (bicyclic) bond motifs is 9. The van der Waals surface area contributed by atoms with Gasteiger partial charge in [-0.2, -0.15) is 0 Å². The highest BCUT2D eigenvalue weighted by molar-refractivity contribution is 7.25. The second-order valence-electron chi connectivity index (χ2n) is 15.0. The van der Waals surface area contributed by atoms with Crippen LogP contribution in [0.3, 0.4) is 0 Å². The molecule has 270 valence electrons. The topological polar surface area (TPSA) is 30.7 Å². The number of thiophene rings is 1. The van der Waals surface area contributed by atoms with Crippen molar-refractivity contribution in [3.05, 3.63) is 200 Å². The first-order valence-corrected chi connectivity index (χ1v) is 20.5. The first-order chi connectivity index (χ1) is 28.7. The highest BCUT2D eigenvalue weighted by Crippen LogP contribution is 2.41. The Morgan fingerprint density at radius 2 is 0.931 bits per heavy atom. The van der Waals surface area contributed by atoms with Crippen LogP contribution in [0.15, 0.2) is 200 Å². The van der Waals surface area contributed by atoms with Gasteiger partial charge in [-0.3, -0.25) is 0 Å². The number of hydrogen-bond donors (Lipinski definition) is 0. The van der Waals surface area contributed by atoms with Gasteiger partial charge in [0.15, 0.2) is 5.82 Å². The van der Waals surface area contributed by atoms with E-state index in [1.54, 1.807) is 0 Å². The molecular weight excluding hydrogens is 723 g/mol. The van der Waals surface area contributed by atoms with Gasteiger partial charge in [-0.25, -0.2) is 9.97 Å². The zero-order chi connectivity index (χ0) is 38.2. The molecule has 0 aliphatic rings. The lowest BCUT2D eigenvalue weighted by atomic mass is 9.91. The fourth-order valence-corrected chi connectivity index (χ4v) is 9.97. The van der Waals surface area contributed by atoms with E-state index in [1.807, 2.05) is 17.4 Å². The predicted molar refractivity (Wildman–Crippen MR) is 246 cm³/mol. The Morgan fingerprint density at radius 1 is 0.345 bits per heavy atom. The fourth-order valence-electron chi connectivity index (χ4n) is 8.88. The zero-order valence-corrected chi connectivity index (χ0v) is 32.1. The minimum Gasteiger partial charge on any atom is -0.309 e. The third kappa shape index (κ3) is 5.27. The Bertz CT molecular complexity index is 3520. The van der Waals surface area contributed by atoms with E-state index in [4.69, 9.17) is 9.97 Å². The van der Waals surface area contributed by atoms with Crippen LogP contribution in [0.2, 0.25) is 0 Å². The average Bonchev–Trinajstić information content (AvgIpc) is 3.84. The molecule has 3 nitrogen and oxygen atoms in total. The van der Waals surface area contributed by atoms with Gasteiger partial charge in [0.2, 0.25) is 0 Å². The summed E-state index contributed by atoms with van der Waals surface area (Å²) in [4.78, 5) is 10.6. The van der Waals surface area contributed by atoms with Crippen LogP contribution in [0.1, 0.15) is 0 Å². The SMILES string of the molecule is c1ccc(-c2nc(-c3cc(-c4cc5ccccc5c5ccccc45)cc(-n4c5ccccc5c5ccccc54)c3)cc(-c3ccc4sc5ccccc5c4c3)n2)cc1. The van der Waals surface area contributed by atoms with Crippen LogP contribution >= 0.6 is 11.3 Å². The molecule has 12 aromatic rings. The molecule has 3 aromatic heterocycles. The molecule has 9 aromatic carbocycles. The van der Waals surface area contributed by atoms with Gasteiger partial charge in [-0.15, -0.1) is 11.3 Å². The minimum atomic E-state index is 0.698. The summed E-state index contributed by atoms with van der Waals surface area (Å²) in [5.74, 6) is 0.698. The van der Waals surface area contributed by atoms with Crippen molar-refractivity contribution in [1.29, 1.82) is 0 Å². The van der Waals surface area contributed by atoms with Crippen LogP contribution < -0.4 is 0 Å². The molecular formula is C54H33N3S. The molecule has 0 aliphatic carbocycles. The lowest BCUT2D eigenvalue weighted by Crippen LogP contribution is -1.99. The number of hydrogen-bond acceptors (Lipinski definition) is 3. The highest BCUT2D eigenvalue weighted by atomic mass is 32.1. The van der Waals surface area contributed by atoms with Crippen LogP contribution in [-0.2, 0) is 0 Å². The summed E-state index contributed by atoms with van der Waals surface area (Å²) in [6.07, 6.45) is 0. The first-order valence-electron chi connectivity index (χ1n) is 19.6. The number of aromatic nitrogens is 3. The molecule has 0 saturated heterocycles. The van der Waals surface area contributed by atoms with Crippen LogP contribution in [0.5, 0.6) is 0 Å². The highest BCUT2D eigenvalue weighted by Gasteiger charge is 2.18. The summed E-state index contributed by atoms with van der Waals surface area (Å²) in [5.41, 5.74) is 10.6. The molecule has 12 rings (SSSR count). The summed E-state index contributed by atoms with van der Waals surface area (Å²) in [6, 6.07) is 72.2. The van der Waals surface area contributed by atoms with Crippen molar-refractivity contribution >= 4 is 74.9 Å². The van der Waals surface area contributed by atoms with E-state index in [-0.39, 0.29) is 0 Å². The van der Waals surface area contributed by atoms with Crippen molar-refractivity contribution in [3.63, 3.8) is 0 Å². The molecule has 0 aliphatic heterocycles. The molecule has 3 heterocycles. The molecule has 0 spiro atoms. The normalized spacial score (nSPS) is 11.8. The standard InChI is InChI=1S/C54H33N3S/c1-2-14-34(15-3-1)54-55-48(36-26-27-53-47(32-36)45-22-10-13-25-52(45)58-53)33-49(56-54)38-28-37(46-31-35-16-4-5-17-40(35)41-18-6-7-19-42(41)46)29-39(30-38)57-50-23-11-8-20-43(50)44-21-9-12-24-51(44)57/h1-33H. The maximum Gasteiger partial charge on any atom is 0.160 e. The monoisotopic (exact) mass is 755 g/mol. The summed E-state index contributed by atoms with van der Waals surface area (Å²) >= 11 is 1.83. The zero-order valence-electron chi connectivity index (χ0n) is 31.3. The molecule has 0 fully saturated rings. The van der Waals surface area contributed by atoms with Crippen molar-refractivity contribution in [3.8, 4) is 50.7 Å². The Morgan fingerprint density at radius 3 is 1.71 bits per heavy atom. The van der Waals surface area contributed by atoms with Gasteiger partial charge in [-0.05, 0) is 93.3 Å². The molecule has 0 N–H and O–H groups in total. The fraction of sp³-hybridized carbons (Fsp3) is 0. The van der Waals surface area contributed by atoms with Gasteiger partial charge in [0.1, 0.15) is 0 Å². The number of para-hydroxylation sites is 2. The van der Waals surface area contributed by atoms with Crippen LogP contribution in [0, 0.1) is 0 Å². The quantitative estimate of drug-likeness (QED) is 0.164. The second-order valence-corrected chi connectivity index (χ2v) is 16.1. The maximum atomic E-state index is 5.38. The van der Waals surface area contributed by atoms with E-state index in [1.165, 1.54) is 69.1 Å². The molecule has 58 heavy (non-hydrogen) atoms. The number of rotatable bonds is 5. The predicted octanol–water partition coefficient (Wildman–Crippen LogP) is 14.9. The minimum absolute atomic E-state index is 0.698. The van der Waals surface area contributed by atoms with Gasteiger partial charge < -0.3 is 4.57 Å². The van der Waals surface area contributed by atoms with E-state index in [0.717, 1.165) is 39.3 Å². The Hall–Kier alpha value is -7.40. The van der Waals surface area contributed by atoms with E-state index < -0.39 is 0 Å². The van der Waals surface area contributed by atoms with E-state index in [9.17, 15) is 0 Å². The molecule has 4 heteroatoms. The molecule has 0 saturated carbocycles. The van der Waals surface area contributed by atoms with Gasteiger partial charge >= 0.3 is 0 Å². The molecule has 0 atom stereocenters. The molecule has 0 bridgehead atoms. The molecule has 0 unspecified atom stereocenters. The maximum absolute atomic E-state index is 5.38. The Labute approximate surface area is 338 Å². The van der Waals surface area contributed by atoms with Crippen molar-refractivity contribution in [2.24, 2.45) is 0 Å². The summed E-state index contributed by atoms with van der Waals surface area (Å²) in [6.45, 7) is 0. The van der Waals surface area contributed by atoms with Crippen molar-refractivity contribution in [1.82, 2.24) is 14.5 Å². The van der Waals surface area contributed by atoms with Crippen LogP contribution in [0.25, 0.3) is 114 Å². The summed E-state index contributed by atoms with van der Waals surface area (Å²) < 4.78 is 4.98. The molecule has 0 radical (unpaired) electrons. The Balaban J connectivity index is 1.16. The third-order valence-electron chi connectivity index (χ3n) is 11.6. The summed E-state index contributed by atoms with van der Waals surface area (Å²) in [7, 11) is 0. The van der Waals surface area contributed by atoms with Crippen molar-refractivity contribution in [2.45, 2.75) is 0 Å². The molecule has 0 amide bonds. The van der Waals surface area contributed by atoms with Crippen LogP contribution in [-0.4, -0.2) is 14.5 Å². The van der Waals surface area contributed by atoms with E-state index in [2.05, 4.69) is 199 Å². The summed E-state index contributed by atoms with van der Waals surface area (Å²) in [5, 5.41) is 9.91. The van der Waals surface area contributed by atoms with Crippen molar-refractivity contribution < 1.29 is 0 Å². The van der Waals surface area contributed by atoms with Crippen molar-refractivity contribution in [2.75, 3.05) is 0 Å². The number of nitrogens with zero attached hydrogens (tertiary/aromatic N) is 3. The Kier molecular flexibility index (Phi) is 7.40. The van der Waals surface area contributed by atoms with Gasteiger partial charge in [0.25, 0.3) is 0 Å². The van der Waals surface area contributed by atoms with E-state index in [0.29, 0.717) is 5.82 Å². The largest absolute Gasteiger partial charge is 0.309 e. The van der Waals surface area contributed by atoms with Gasteiger partial charge in [-0.1, -0.05) is 140 Å². The number of benzene rings is 9.